The Kier molecular flexibility index (Phi) is 12.2. The van der Waals surface area contributed by atoms with Gasteiger partial charge in [0.05, 0.1) is 33.9 Å². The lowest BCUT2D eigenvalue weighted by Gasteiger charge is -2.28. The Labute approximate surface area is 175 Å². The summed E-state index contributed by atoms with van der Waals surface area (Å²) in [6.45, 7) is 7.88. The van der Waals surface area contributed by atoms with Gasteiger partial charge in [0.25, 0.3) is 0 Å². The van der Waals surface area contributed by atoms with Gasteiger partial charge in [0, 0.05) is 25.2 Å². The van der Waals surface area contributed by atoms with Gasteiger partial charge in [-0.15, -0.1) is 0 Å². The van der Waals surface area contributed by atoms with Crippen LogP contribution >= 0.6 is 0 Å². The quantitative estimate of drug-likeness (QED) is 0.174. The van der Waals surface area contributed by atoms with Crippen LogP contribution in [0.4, 0.5) is 5.69 Å². The Morgan fingerprint density at radius 2 is 1.82 bits per heavy atom. The normalized spacial score (nSPS) is 11.4. The lowest BCUT2D eigenvalue weighted by Crippen LogP contribution is -3.00. The number of nitrogens with zero attached hydrogens (tertiary/aromatic N) is 3. The largest absolute Gasteiger partial charge is 1.00 e. The van der Waals surface area contributed by atoms with Gasteiger partial charge in [-0.05, 0) is 37.6 Å². The number of hydrogen-bond donors (Lipinski definition) is 1. The lowest BCUT2D eigenvalue weighted by atomic mass is 10.1. The fourth-order valence-electron chi connectivity index (χ4n) is 2.79. The number of esters is 1. The summed E-state index contributed by atoms with van der Waals surface area (Å²) in [7, 11) is 4.03. The molecule has 6 nitrogen and oxygen atoms in total. The van der Waals surface area contributed by atoms with Crippen molar-refractivity contribution < 1.29 is 31.5 Å². The molecule has 0 heterocycles. The van der Waals surface area contributed by atoms with Crippen molar-refractivity contribution in [1.29, 1.82) is 5.26 Å². The number of quaternary nitrogens is 1. The van der Waals surface area contributed by atoms with Crippen LogP contribution in [0.3, 0.4) is 0 Å². The molecule has 0 atom stereocenters. The monoisotopic (exact) mass is 409 g/mol. The minimum atomic E-state index is -0.599. The summed E-state index contributed by atoms with van der Waals surface area (Å²) in [5.74, 6) is -0.599. The highest BCUT2D eigenvalue weighted by molar-refractivity contribution is 5.97. The van der Waals surface area contributed by atoms with E-state index in [2.05, 4.69) is 18.7 Å². The highest BCUT2D eigenvalue weighted by Crippen LogP contribution is 2.17. The summed E-state index contributed by atoms with van der Waals surface area (Å²) in [4.78, 5) is 14.4. The van der Waals surface area contributed by atoms with E-state index in [1.54, 1.807) is 6.08 Å². The van der Waals surface area contributed by atoms with E-state index >= 15 is 0 Å². The fourth-order valence-corrected chi connectivity index (χ4v) is 2.79. The van der Waals surface area contributed by atoms with Crippen molar-refractivity contribution in [2.75, 3.05) is 58.4 Å². The lowest BCUT2D eigenvalue weighted by molar-refractivity contribution is -0.890. The minimum Gasteiger partial charge on any atom is -1.00 e. The molecule has 0 radical (unpaired) electrons. The number of nitriles is 1. The van der Waals surface area contributed by atoms with E-state index in [0.717, 1.165) is 30.9 Å². The summed E-state index contributed by atoms with van der Waals surface area (Å²) in [6, 6.07) is 9.69. The molecule has 0 aliphatic heterocycles. The smallest absolute Gasteiger partial charge is 0.348 e. The maximum absolute atomic E-state index is 12.1. The molecule has 28 heavy (non-hydrogen) atoms. The van der Waals surface area contributed by atoms with Crippen molar-refractivity contribution in [1.82, 2.24) is 0 Å². The topological polar surface area (TPSA) is 73.6 Å². The molecule has 7 heteroatoms. The van der Waals surface area contributed by atoms with Gasteiger partial charge in [-0.25, -0.2) is 4.79 Å². The van der Waals surface area contributed by atoms with Crippen molar-refractivity contribution in [2.24, 2.45) is 0 Å². The molecule has 0 saturated carbocycles. The number of ether oxygens (including phenoxy) is 1. The Morgan fingerprint density at radius 3 is 2.32 bits per heavy atom. The van der Waals surface area contributed by atoms with Gasteiger partial charge in [0.1, 0.15) is 18.2 Å². The summed E-state index contributed by atoms with van der Waals surface area (Å²) in [5.41, 5.74) is 1.90. The summed E-state index contributed by atoms with van der Waals surface area (Å²) in [5, 5.41) is 18.3. The Hall–Kier alpha value is -2.07. The molecule has 0 aliphatic carbocycles. The van der Waals surface area contributed by atoms with E-state index in [1.807, 2.05) is 44.4 Å². The number of carbonyl (C=O) groups excluding carboxylic acids is 1. The van der Waals surface area contributed by atoms with Crippen LogP contribution in [0.25, 0.3) is 6.08 Å². The zero-order valence-electron chi connectivity index (χ0n) is 17.3. The molecule has 0 bridgehead atoms. The number of likely N-dealkylation sites (N-methyl/N-ethyl adjacent to an activating group) is 1. The Bertz CT molecular complexity index is 662. The van der Waals surface area contributed by atoms with Gasteiger partial charge in [-0.1, -0.05) is 12.1 Å². The van der Waals surface area contributed by atoms with Gasteiger partial charge in [-0.2, -0.15) is 5.26 Å². The van der Waals surface area contributed by atoms with E-state index in [1.165, 1.54) is 0 Å². The number of anilines is 1. The van der Waals surface area contributed by atoms with Gasteiger partial charge in [0.15, 0.2) is 0 Å². The first kappa shape index (κ1) is 25.9. The summed E-state index contributed by atoms with van der Waals surface area (Å²) >= 11 is 0. The molecule has 0 aromatic heterocycles. The molecule has 1 aromatic rings. The second kappa shape index (κ2) is 13.2. The van der Waals surface area contributed by atoms with Crippen molar-refractivity contribution in [3.8, 4) is 6.07 Å². The maximum atomic E-state index is 12.1. The standard InChI is InChI=1S/C21H32N3O3.ClH/c1-5-23(6-2)20-10-8-18(9-11-20)16-19(17-22)21(26)27-15-7-12-24(3,4)13-14-25;/h8-11,16,25H,5-7,12-15H2,1-4H3;1H/q+1;/p-1. The molecule has 0 saturated heterocycles. The molecule has 0 spiro atoms. The molecule has 0 aliphatic rings. The first-order chi connectivity index (χ1) is 12.9. The third kappa shape index (κ3) is 8.75. The number of rotatable bonds is 11. The predicted octanol–water partition coefficient (Wildman–Crippen LogP) is -0.554. The maximum Gasteiger partial charge on any atom is 0.348 e. The minimum absolute atomic E-state index is 0. The van der Waals surface area contributed by atoms with Crippen LogP contribution in [0.5, 0.6) is 0 Å². The third-order valence-electron chi connectivity index (χ3n) is 4.52. The van der Waals surface area contributed by atoms with Crippen LogP contribution in [0.2, 0.25) is 0 Å². The molecular weight excluding hydrogens is 378 g/mol. The second-order valence-corrected chi connectivity index (χ2v) is 7.03. The van der Waals surface area contributed by atoms with Crippen molar-refractivity contribution >= 4 is 17.7 Å². The zero-order chi connectivity index (χ0) is 20.3. The van der Waals surface area contributed by atoms with Gasteiger partial charge in [0.2, 0.25) is 0 Å². The average Bonchev–Trinajstić information content (AvgIpc) is 2.65. The number of hydrogen-bond acceptors (Lipinski definition) is 5. The fraction of sp³-hybridized carbons (Fsp3) is 0.524. The van der Waals surface area contributed by atoms with E-state index in [4.69, 9.17) is 9.84 Å². The van der Waals surface area contributed by atoms with Crippen LogP contribution in [0.15, 0.2) is 29.8 Å². The van der Waals surface area contributed by atoms with Crippen molar-refractivity contribution in [3.63, 3.8) is 0 Å². The number of aliphatic hydroxyl groups is 1. The highest BCUT2D eigenvalue weighted by Gasteiger charge is 2.15. The van der Waals surface area contributed by atoms with Crippen LogP contribution < -0.4 is 17.3 Å². The van der Waals surface area contributed by atoms with E-state index in [-0.39, 0.29) is 31.2 Å². The van der Waals surface area contributed by atoms with E-state index < -0.39 is 5.97 Å². The second-order valence-electron chi connectivity index (χ2n) is 7.03. The number of benzene rings is 1. The number of aliphatic hydroxyl groups excluding tert-OH is 1. The van der Waals surface area contributed by atoms with E-state index in [9.17, 15) is 10.1 Å². The van der Waals surface area contributed by atoms with Crippen LogP contribution in [0.1, 0.15) is 25.8 Å². The third-order valence-corrected chi connectivity index (χ3v) is 4.52. The first-order valence-electron chi connectivity index (χ1n) is 9.43. The van der Waals surface area contributed by atoms with Gasteiger partial charge >= 0.3 is 5.97 Å². The molecule has 1 N–H and O–H groups in total. The molecule has 0 unspecified atom stereocenters. The number of halogens is 1. The first-order valence-corrected chi connectivity index (χ1v) is 9.43. The molecule has 0 amide bonds. The summed E-state index contributed by atoms with van der Waals surface area (Å²) in [6.07, 6.45) is 2.23. The van der Waals surface area contributed by atoms with Crippen molar-refractivity contribution in [2.45, 2.75) is 20.3 Å². The Morgan fingerprint density at radius 1 is 1.21 bits per heavy atom. The van der Waals surface area contributed by atoms with Crippen LogP contribution in [-0.4, -0.2) is 69.0 Å². The van der Waals surface area contributed by atoms with Crippen molar-refractivity contribution in [3.05, 3.63) is 35.4 Å². The molecular formula is C21H32ClN3O3. The predicted molar refractivity (Wildman–Crippen MR) is 108 cm³/mol. The summed E-state index contributed by atoms with van der Waals surface area (Å²) < 4.78 is 5.89. The molecule has 156 valence electrons. The SMILES string of the molecule is CCN(CC)c1ccc(C=C(C#N)C(=O)OCCC[N+](C)(C)CCO)cc1.[Cl-]. The van der Waals surface area contributed by atoms with Crippen LogP contribution in [-0.2, 0) is 9.53 Å². The van der Waals surface area contributed by atoms with Crippen LogP contribution in [0, 0.1) is 11.3 Å². The van der Waals surface area contributed by atoms with Gasteiger partial charge in [-0.3, -0.25) is 0 Å². The zero-order valence-corrected chi connectivity index (χ0v) is 18.1. The Balaban J connectivity index is 0.00000729. The average molecular weight is 410 g/mol. The highest BCUT2D eigenvalue weighted by atomic mass is 35.5. The van der Waals surface area contributed by atoms with E-state index in [0.29, 0.717) is 17.4 Å². The molecule has 0 fully saturated rings. The van der Waals surface area contributed by atoms with Gasteiger partial charge < -0.3 is 31.6 Å². The number of carbonyl (C=O) groups is 1. The molecule has 1 rings (SSSR count). The molecule has 1 aromatic carbocycles.